The van der Waals surface area contributed by atoms with Gasteiger partial charge in [-0.1, -0.05) is 41.9 Å². The minimum atomic E-state index is -0.411. The van der Waals surface area contributed by atoms with Gasteiger partial charge in [-0.05, 0) is 44.4 Å². The largest absolute Gasteiger partial charge is 0.507 e. The number of aromatic hydroxyl groups is 2. The summed E-state index contributed by atoms with van der Waals surface area (Å²) in [4.78, 5) is 16.9. The lowest BCUT2D eigenvalue weighted by atomic mass is 10.0. The highest BCUT2D eigenvalue weighted by molar-refractivity contribution is 6.32. The van der Waals surface area contributed by atoms with Gasteiger partial charge in [0.2, 0.25) is 0 Å². The van der Waals surface area contributed by atoms with E-state index in [1.807, 2.05) is 55.4 Å². The molecule has 0 saturated carbocycles. The third-order valence-electron chi connectivity index (χ3n) is 5.87. The number of phenols is 2. The molecular formula is C28H29ClN4O4. The molecule has 0 aliphatic carbocycles. The van der Waals surface area contributed by atoms with Gasteiger partial charge in [0.1, 0.15) is 23.9 Å². The van der Waals surface area contributed by atoms with E-state index in [9.17, 15) is 15.0 Å². The SMILES string of the molecule is CN(C)CCOc1ccccc1CN(C)C(=O)c1cc(-c2ccnn2-c2ccccc2Cl)c(O)cc1O. The van der Waals surface area contributed by atoms with E-state index in [1.165, 1.54) is 17.0 Å². The quantitative estimate of drug-likeness (QED) is 0.329. The van der Waals surface area contributed by atoms with Crippen molar-refractivity contribution < 1.29 is 19.7 Å². The van der Waals surface area contributed by atoms with Crippen molar-refractivity contribution in [1.29, 1.82) is 0 Å². The highest BCUT2D eigenvalue weighted by Gasteiger charge is 2.22. The molecule has 8 nitrogen and oxygen atoms in total. The van der Waals surface area contributed by atoms with Crippen LogP contribution in [0.5, 0.6) is 17.2 Å². The van der Waals surface area contributed by atoms with Gasteiger partial charge in [-0.25, -0.2) is 4.68 Å². The molecular weight excluding hydrogens is 492 g/mol. The predicted octanol–water partition coefficient (Wildman–Crippen LogP) is 4.82. The Balaban J connectivity index is 1.62. The first kappa shape index (κ1) is 26.1. The van der Waals surface area contributed by atoms with E-state index in [2.05, 4.69) is 5.10 Å². The number of phenolic OH excluding ortho intramolecular Hbond substituents is 2. The van der Waals surface area contributed by atoms with Crippen LogP contribution in [-0.2, 0) is 6.54 Å². The van der Waals surface area contributed by atoms with E-state index in [0.717, 1.165) is 12.1 Å². The van der Waals surface area contributed by atoms with E-state index in [0.29, 0.717) is 34.3 Å². The lowest BCUT2D eigenvalue weighted by Gasteiger charge is -2.21. The van der Waals surface area contributed by atoms with Gasteiger partial charge >= 0.3 is 0 Å². The summed E-state index contributed by atoms with van der Waals surface area (Å²) in [6.07, 6.45) is 1.58. The number of hydrogen-bond acceptors (Lipinski definition) is 6. The van der Waals surface area contributed by atoms with Crippen molar-refractivity contribution in [2.24, 2.45) is 0 Å². The fourth-order valence-corrected chi connectivity index (χ4v) is 4.14. The molecule has 0 aliphatic heterocycles. The molecule has 0 saturated heterocycles. The van der Waals surface area contributed by atoms with Crippen molar-refractivity contribution in [2.45, 2.75) is 6.54 Å². The highest BCUT2D eigenvalue weighted by atomic mass is 35.5. The normalized spacial score (nSPS) is 11.1. The molecule has 0 spiro atoms. The van der Waals surface area contributed by atoms with Crippen molar-refractivity contribution in [3.63, 3.8) is 0 Å². The molecule has 3 aromatic carbocycles. The van der Waals surface area contributed by atoms with Crippen LogP contribution in [0.3, 0.4) is 0 Å². The van der Waals surface area contributed by atoms with Crippen LogP contribution in [0, 0.1) is 0 Å². The van der Waals surface area contributed by atoms with Gasteiger partial charge in [0, 0.05) is 37.3 Å². The maximum Gasteiger partial charge on any atom is 0.257 e. The number of para-hydroxylation sites is 2. The van der Waals surface area contributed by atoms with Gasteiger partial charge in [-0.15, -0.1) is 0 Å². The zero-order valence-corrected chi connectivity index (χ0v) is 21.7. The van der Waals surface area contributed by atoms with Crippen LogP contribution in [0.1, 0.15) is 15.9 Å². The van der Waals surface area contributed by atoms with Gasteiger partial charge in [0.25, 0.3) is 5.91 Å². The van der Waals surface area contributed by atoms with Gasteiger partial charge < -0.3 is 24.7 Å². The van der Waals surface area contributed by atoms with Crippen molar-refractivity contribution in [1.82, 2.24) is 19.6 Å². The minimum Gasteiger partial charge on any atom is -0.507 e. The first-order valence-corrected chi connectivity index (χ1v) is 12.1. The van der Waals surface area contributed by atoms with Crippen molar-refractivity contribution in [3.8, 4) is 34.2 Å². The number of amides is 1. The summed E-state index contributed by atoms with van der Waals surface area (Å²) in [5.41, 5.74) is 2.36. The van der Waals surface area contributed by atoms with Crippen molar-refractivity contribution >= 4 is 17.5 Å². The number of rotatable bonds is 9. The zero-order valence-electron chi connectivity index (χ0n) is 20.9. The molecule has 9 heteroatoms. The average Bonchev–Trinajstić information content (AvgIpc) is 3.34. The molecule has 4 aromatic rings. The Kier molecular flexibility index (Phi) is 8.01. The van der Waals surface area contributed by atoms with Gasteiger partial charge in [-0.2, -0.15) is 5.10 Å². The third kappa shape index (κ3) is 5.87. The Labute approximate surface area is 220 Å². The number of halogens is 1. The second-order valence-corrected chi connectivity index (χ2v) is 9.29. The van der Waals surface area contributed by atoms with E-state index in [4.69, 9.17) is 16.3 Å². The van der Waals surface area contributed by atoms with Crippen LogP contribution in [0.4, 0.5) is 0 Å². The first-order chi connectivity index (χ1) is 17.8. The number of ether oxygens (including phenoxy) is 1. The molecule has 0 radical (unpaired) electrons. The molecule has 1 heterocycles. The van der Waals surface area contributed by atoms with Crippen LogP contribution in [0.25, 0.3) is 16.9 Å². The summed E-state index contributed by atoms with van der Waals surface area (Å²) >= 11 is 6.36. The number of aromatic nitrogens is 2. The van der Waals surface area contributed by atoms with Crippen LogP contribution < -0.4 is 4.74 Å². The lowest BCUT2D eigenvalue weighted by molar-refractivity contribution is 0.0781. The number of carbonyl (C=O) groups excluding carboxylic acids is 1. The van der Waals surface area contributed by atoms with E-state index < -0.39 is 5.91 Å². The summed E-state index contributed by atoms with van der Waals surface area (Å²) < 4.78 is 7.50. The summed E-state index contributed by atoms with van der Waals surface area (Å²) in [6.45, 7) is 1.55. The number of carbonyl (C=O) groups is 1. The van der Waals surface area contributed by atoms with Crippen LogP contribution in [0.2, 0.25) is 5.02 Å². The van der Waals surface area contributed by atoms with E-state index in [-0.39, 0.29) is 23.6 Å². The molecule has 1 aromatic heterocycles. The van der Waals surface area contributed by atoms with Crippen LogP contribution in [-0.4, -0.2) is 70.0 Å². The Morgan fingerprint density at radius 1 is 1.00 bits per heavy atom. The molecule has 0 unspecified atom stereocenters. The fourth-order valence-electron chi connectivity index (χ4n) is 3.92. The average molecular weight is 521 g/mol. The Morgan fingerprint density at radius 2 is 1.73 bits per heavy atom. The Bertz CT molecular complexity index is 1400. The zero-order chi connectivity index (χ0) is 26.5. The van der Waals surface area contributed by atoms with Crippen LogP contribution >= 0.6 is 11.6 Å². The Hall–Kier alpha value is -4.01. The smallest absolute Gasteiger partial charge is 0.257 e. The lowest BCUT2D eigenvalue weighted by Crippen LogP contribution is -2.27. The molecule has 37 heavy (non-hydrogen) atoms. The number of hydrogen-bond donors (Lipinski definition) is 2. The van der Waals surface area contributed by atoms with Crippen molar-refractivity contribution in [3.05, 3.63) is 89.1 Å². The molecule has 0 fully saturated rings. The molecule has 0 atom stereocenters. The standard InChI is InChI=1S/C28H29ClN4O4/c1-31(2)14-15-37-27-11-7-4-8-19(27)18-32(3)28(36)21-16-20(25(34)17-26(21)35)23-12-13-30-33(23)24-10-6-5-9-22(24)29/h4-13,16-17,34-35H,14-15,18H2,1-3H3. The minimum absolute atomic E-state index is 0.0493. The summed E-state index contributed by atoms with van der Waals surface area (Å²) in [5.74, 6) is -0.225. The molecule has 1 amide bonds. The predicted molar refractivity (Wildman–Crippen MR) is 144 cm³/mol. The van der Waals surface area contributed by atoms with E-state index in [1.54, 1.807) is 36.1 Å². The summed E-state index contributed by atoms with van der Waals surface area (Å²) in [6, 6.07) is 19.1. The highest BCUT2D eigenvalue weighted by Crippen LogP contribution is 2.37. The summed E-state index contributed by atoms with van der Waals surface area (Å²) in [7, 11) is 5.60. The van der Waals surface area contributed by atoms with Gasteiger partial charge in [0.15, 0.2) is 0 Å². The number of likely N-dealkylation sites (N-methyl/N-ethyl adjacent to an activating group) is 1. The maximum atomic E-state index is 13.4. The van der Waals surface area contributed by atoms with Crippen molar-refractivity contribution in [2.75, 3.05) is 34.3 Å². The fraction of sp³-hybridized carbons (Fsp3) is 0.214. The molecule has 2 N–H and O–H groups in total. The summed E-state index contributed by atoms with van der Waals surface area (Å²) in [5, 5.41) is 26.1. The second kappa shape index (κ2) is 11.4. The van der Waals surface area contributed by atoms with Crippen LogP contribution in [0.15, 0.2) is 72.9 Å². The molecule has 0 aliphatic rings. The molecule has 4 rings (SSSR count). The monoisotopic (exact) mass is 520 g/mol. The molecule has 0 bridgehead atoms. The van der Waals surface area contributed by atoms with Gasteiger partial charge in [-0.3, -0.25) is 4.79 Å². The van der Waals surface area contributed by atoms with E-state index >= 15 is 0 Å². The Morgan fingerprint density at radius 3 is 2.49 bits per heavy atom. The third-order valence-corrected chi connectivity index (χ3v) is 6.19. The molecule has 192 valence electrons. The maximum absolute atomic E-state index is 13.4. The number of nitrogens with zero attached hydrogens (tertiary/aromatic N) is 4. The topological polar surface area (TPSA) is 91.1 Å². The van der Waals surface area contributed by atoms with Gasteiger partial charge in [0.05, 0.1) is 28.2 Å². The number of benzene rings is 3. The first-order valence-electron chi connectivity index (χ1n) is 11.7. The second-order valence-electron chi connectivity index (χ2n) is 8.89.